The molecule has 6 heteroatoms. The van der Waals surface area contributed by atoms with E-state index in [-0.39, 0.29) is 11.0 Å². The van der Waals surface area contributed by atoms with E-state index in [1.165, 1.54) is 24.3 Å². The summed E-state index contributed by atoms with van der Waals surface area (Å²) in [4.78, 5) is 10.6. The average Bonchev–Trinajstić information content (AvgIpc) is 2.17. The highest BCUT2D eigenvalue weighted by Crippen LogP contribution is 2.17. The minimum Gasteiger partial charge on any atom is -0.491 e. The molecule has 88 valence electrons. The maximum atomic E-state index is 11.4. The zero-order chi connectivity index (χ0) is 12.3. The SMILES string of the molecule is CC(C)Oc1ccc(S(=O)(=O)C(N)=O)cc1. The Kier molecular flexibility index (Phi) is 3.54. The Morgan fingerprint density at radius 1 is 1.25 bits per heavy atom. The summed E-state index contributed by atoms with van der Waals surface area (Å²) in [6, 6.07) is 5.54. The van der Waals surface area contributed by atoms with Crippen molar-refractivity contribution in [3.63, 3.8) is 0 Å². The number of primary amides is 1. The van der Waals surface area contributed by atoms with Crippen LogP contribution in [-0.4, -0.2) is 19.8 Å². The van der Waals surface area contributed by atoms with Gasteiger partial charge in [0.1, 0.15) is 5.75 Å². The summed E-state index contributed by atoms with van der Waals surface area (Å²) < 4.78 is 28.0. The van der Waals surface area contributed by atoms with Crippen LogP contribution in [0.3, 0.4) is 0 Å². The largest absolute Gasteiger partial charge is 0.491 e. The van der Waals surface area contributed by atoms with E-state index in [1.54, 1.807) is 0 Å². The van der Waals surface area contributed by atoms with Gasteiger partial charge in [0.25, 0.3) is 9.84 Å². The third-order valence-corrected chi connectivity index (χ3v) is 3.19. The Morgan fingerprint density at radius 3 is 2.12 bits per heavy atom. The number of carbonyl (C=O) groups excluding carboxylic acids is 1. The summed E-state index contributed by atoms with van der Waals surface area (Å²) in [5, 5.41) is -1.36. The standard InChI is InChI=1S/C10H13NO4S/c1-7(2)15-8-3-5-9(6-4-8)16(13,14)10(11)12/h3-7H,1-2H3,(H2,11,12). The van der Waals surface area contributed by atoms with Crippen molar-refractivity contribution in [1.29, 1.82) is 0 Å². The van der Waals surface area contributed by atoms with Crippen molar-refractivity contribution in [1.82, 2.24) is 0 Å². The van der Waals surface area contributed by atoms with Crippen LogP contribution < -0.4 is 10.5 Å². The highest BCUT2D eigenvalue weighted by Gasteiger charge is 2.21. The van der Waals surface area contributed by atoms with Gasteiger partial charge in [-0.1, -0.05) is 0 Å². The van der Waals surface area contributed by atoms with Crippen LogP contribution >= 0.6 is 0 Å². The highest BCUT2D eigenvalue weighted by atomic mass is 32.2. The summed E-state index contributed by atoms with van der Waals surface area (Å²) in [5.41, 5.74) is 4.76. The number of nitrogens with two attached hydrogens (primary N) is 1. The smallest absolute Gasteiger partial charge is 0.338 e. The third kappa shape index (κ3) is 2.73. The van der Waals surface area contributed by atoms with Gasteiger partial charge in [-0.15, -0.1) is 0 Å². The molecule has 1 amide bonds. The molecule has 1 rings (SSSR count). The van der Waals surface area contributed by atoms with Crippen molar-refractivity contribution in [2.24, 2.45) is 5.73 Å². The van der Waals surface area contributed by atoms with Crippen molar-refractivity contribution in [3.05, 3.63) is 24.3 Å². The first kappa shape index (κ1) is 12.5. The van der Waals surface area contributed by atoms with Crippen molar-refractivity contribution in [3.8, 4) is 5.75 Å². The first-order valence-corrected chi connectivity index (χ1v) is 6.13. The molecule has 0 atom stereocenters. The number of hydrogen-bond donors (Lipinski definition) is 1. The van der Waals surface area contributed by atoms with E-state index in [1.807, 2.05) is 13.8 Å². The molecular formula is C10H13NO4S. The molecule has 1 aromatic carbocycles. The Balaban J connectivity index is 3.00. The van der Waals surface area contributed by atoms with Crippen LogP contribution in [-0.2, 0) is 9.84 Å². The predicted octanol–water partition coefficient (Wildman–Crippen LogP) is 1.33. The monoisotopic (exact) mass is 243 g/mol. The van der Waals surface area contributed by atoms with Gasteiger partial charge in [-0.05, 0) is 38.1 Å². The van der Waals surface area contributed by atoms with E-state index in [2.05, 4.69) is 0 Å². The molecule has 0 heterocycles. The lowest BCUT2D eigenvalue weighted by Crippen LogP contribution is -2.21. The third-order valence-electron chi connectivity index (χ3n) is 1.77. The maximum Gasteiger partial charge on any atom is 0.338 e. The summed E-state index contributed by atoms with van der Waals surface area (Å²) in [7, 11) is -4.04. The fraction of sp³-hybridized carbons (Fsp3) is 0.300. The van der Waals surface area contributed by atoms with Gasteiger partial charge in [0.05, 0.1) is 11.0 Å². The van der Waals surface area contributed by atoms with Crippen molar-refractivity contribution < 1.29 is 17.9 Å². The minimum atomic E-state index is -4.04. The van der Waals surface area contributed by atoms with E-state index >= 15 is 0 Å². The number of hydrogen-bond acceptors (Lipinski definition) is 4. The van der Waals surface area contributed by atoms with Crippen LogP contribution in [0.1, 0.15) is 13.8 Å². The molecule has 0 fully saturated rings. The average molecular weight is 243 g/mol. The zero-order valence-corrected chi connectivity index (χ0v) is 9.82. The van der Waals surface area contributed by atoms with E-state index in [0.29, 0.717) is 5.75 Å². The van der Waals surface area contributed by atoms with Gasteiger partial charge in [-0.25, -0.2) is 8.42 Å². The van der Waals surface area contributed by atoms with Crippen LogP contribution in [0.2, 0.25) is 0 Å². The number of sulfone groups is 1. The van der Waals surface area contributed by atoms with Gasteiger partial charge >= 0.3 is 5.24 Å². The molecule has 0 unspecified atom stereocenters. The second kappa shape index (κ2) is 4.52. The predicted molar refractivity (Wildman–Crippen MR) is 59.0 cm³/mol. The Bertz CT molecular complexity index is 476. The second-order valence-electron chi connectivity index (χ2n) is 3.46. The molecule has 1 aromatic rings. The number of rotatable bonds is 3. The number of benzene rings is 1. The lowest BCUT2D eigenvalue weighted by atomic mass is 10.3. The van der Waals surface area contributed by atoms with Gasteiger partial charge in [-0.2, -0.15) is 0 Å². The molecule has 0 saturated carbocycles. The van der Waals surface area contributed by atoms with E-state index in [0.717, 1.165) is 0 Å². The van der Waals surface area contributed by atoms with E-state index in [9.17, 15) is 13.2 Å². The van der Waals surface area contributed by atoms with Crippen LogP contribution in [0, 0.1) is 0 Å². The lowest BCUT2D eigenvalue weighted by Gasteiger charge is -2.09. The molecule has 0 bridgehead atoms. The minimum absolute atomic E-state index is 0.00130. The number of ether oxygens (including phenoxy) is 1. The van der Waals surface area contributed by atoms with Crippen LogP contribution in [0.25, 0.3) is 0 Å². The molecule has 0 spiro atoms. The Morgan fingerprint density at radius 2 is 1.75 bits per heavy atom. The lowest BCUT2D eigenvalue weighted by molar-refractivity contribution is 0.242. The summed E-state index contributed by atoms with van der Waals surface area (Å²) in [6.45, 7) is 3.71. The van der Waals surface area contributed by atoms with Gasteiger partial charge in [0, 0.05) is 0 Å². The van der Waals surface area contributed by atoms with Crippen LogP contribution in [0.4, 0.5) is 4.79 Å². The molecule has 0 aliphatic carbocycles. The first-order chi connectivity index (χ1) is 7.34. The fourth-order valence-electron chi connectivity index (χ4n) is 1.09. The van der Waals surface area contributed by atoms with E-state index in [4.69, 9.17) is 10.5 Å². The molecule has 0 aliphatic rings. The quantitative estimate of drug-likeness (QED) is 0.867. The zero-order valence-electron chi connectivity index (χ0n) is 9.01. The van der Waals surface area contributed by atoms with Crippen molar-refractivity contribution >= 4 is 15.1 Å². The first-order valence-electron chi connectivity index (χ1n) is 4.65. The fourth-order valence-corrected chi connectivity index (χ4v) is 1.81. The molecule has 5 nitrogen and oxygen atoms in total. The molecule has 0 aromatic heterocycles. The molecule has 16 heavy (non-hydrogen) atoms. The normalized spacial score (nSPS) is 11.4. The van der Waals surface area contributed by atoms with Gasteiger partial charge in [0.15, 0.2) is 0 Å². The second-order valence-corrected chi connectivity index (χ2v) is 5.34. The molecule has 2 N–H and O–H groups in total. The molecule has 0 aliphatic heterocycles. The van der Waals surface area contributed by atoms with Gasteiger partial charge < -0.3 is 10.5 Å². The van der Waals surface area contributed by atoms with Crippen molar-refractivity contribution in [2.75, 3.05) is 0 Å². The number of carbonyl (C=O) groups is 1. The summed E-state index contributed by atoms with van der Waals surface area (Å²) in [5.74, 6) is 0.540. The topological polar surface area (TPSA) is 86.5 Å². The van der Waals surface area contributed by atoms with Crippen molar-refractivity contribution in [2.45, 2.75) is 24.8 Å². The Labute approximate surface area is 94.1 Å². The van der Waals surface area contributed by atoms with Gasteiger partial charge in [0.2, 0.25) is 0 Å². The van der Waals surface area contributed by atoms with Crippen LogP contribution in [0.15, 0.2) is 29.2 Å². The summed E-state index contributed by atoms with van der Waals surface area (Å²) in [6.07, 6.45) is -0.00130. The molecule has 0 saturated heterocycles. The van der Waals surface area contributed by atoms with Gasteiger partial charge in [-0.3, -0.25) is 4.79 Å². The van der Waals surface area contributed by atoms with Crippen LogP contribution in [0.5, 0.6) is 5.75 Å². The maximum absolute atomic E-state index is 11.4. The van der Waals surface area contributed by atoms with E-state index < -0.39 is 15.1 Å². The molecule has 0 radical (unpaired) electrons. The molecular weight excluding hydrogens is 230 g/mol. The number of amides is 1. The summed E-state index contributed by atoms with van der Waals surface area (Å²) >= 11 is 0. The Hall–Kier alpha value is -1.56. The highest BCUT2D eigenvalue weighted by molar-refractivity contribution is 8.06.